The van der Waals surface area contributed by atoms with Crippen molar-refractivity contribution in [2.75, 3.05) is 6.54 Å². The van der Waals surface area contributed by atoms with E-state index >= 15 is 0 Å². The van der Waals surface area contributed by atoms with Crippen molar-refractivity contribution in [1.29, 1.82) is 0 Å². The van der Waals surface area contributed by atoms with Gasteiger partial charge in [0.1, 0.15) is 0 Å². The third kappa shape index (κ3) is 3.69. The van der Waals surface area contributed by atoms with Gasteiger partial charge in [0.05, 0.1) is 5.60 Å². The SMILES string of the molecule is C.CC1CC1.CC1Cc2ccc(O)c(O)c2C2(CCN)CC(N)CCC12O. The monoisotopic (exact) mass is 378 g/mol. The van der Waals surface area contributed by atoms with Crippen LogP contribution in [0.3, 0.4) is 0 Å². The first kappa shape index (κ1) is 22.0. The largest absolute Gasteiger partial charge is 0.504 e. The number of benzene rings is 1. The summed E-state index contributed by atoms with van der Waals surface area (Å²) in [5.41, 5.74) is 12.1. The number of fused-ring (bicyclic) bond motifs is 3. The molecule has 0 spiro atoms. The lowest BCUT2D eigenvalue weighted by Gasteiger charge is -2.58. The zero-order valence-corrected chi connectivity index (χ0v) is 16.0. The molecule has 3 aliphatic rings. The van der Waals surface area contributed by atoms with Gasteiger partial charge in [0, 0.05) is 17.0 Å². The van der Waals surface area contributed by atoms with Crippen LogP contribution in [-0.4, -0.2) is 33.5 Å². The van der Waals surface area contributed by atoms with E-state index in [2.05, 4.69) is 13.8 Å². The van der Waals surface area contributed by atoms with E-state index in [1.54, 1.807) is 0 Å². The first-order valence-electron chi connectivity index (χ1n) is 9.97. The van der Waals surface area contributed by atoms with Gasteiger partial charge in [-0.05, 0) is 62.1 Å². The van der Waals surface area contributed by atoms with Crippen LogP contribution >= 0.6 is 0 Å². The van der Waals surface area contributed by atoms with Crippen LogP contribution in [0.1, 0.15) is 70.9 Å². The number of aromatic hydroxyl groups is 2. The smallest absolute Gasteiger partial charge is 0.161 e. The first-order valence-corrected chi connectivity index (χ1v) is 9.97. The van der Waals surface area contributed by atoms with Crippen molar-refractivity contribution in [2.45, 2.75) is 83.3 Å². The minimum absolute atomic E-state index is 0. The Hall–Kier alpha value is -1.30. The van der Waals surface area contributed by atoms with Gasteiger partial charge < -0.3 is 26.8 Å². The van der Waals surface area contributed by atoms with E-state index in [4.69, 9.17) is 11.5 Å². The summed E-state index contributed by atoms with van der Waals surface area (Å²) in [6.07, 6.45) is 6.15. The van der Waals surface area contributed by atoms with E-state index in [1.807, 2.05) is 6.07 Å². The van der Waals surface area contributed by atoms with Crippen LogP contribution in [0.5, 0.6) is 11.5 Å². The topological polar surface area (TPSA) is 113 Å². The fourth-order valence-corrected chi connectivity index (χ4v) is 5.09. The second kappa shape index (κ2) is 7.98. The molecule has 3 aliphatic carbocycles. The summed E-state index contributed by atoms with van der Waals surface area (Å²) >= 11 is 0. The van der Waals surface area contributed by atoms with Gasteiger partial charge in [0.15, 0.2) is 11.5 Å². The number of rotatable bonds is 2. The maximum absolute atomic E-state index is 11.5. The van der Waals surface area contributed by atoms with Crippen molar-refractivity contribution < 1.29 is 15.3 Å². The molecule has 0 aliphatic heterocycles. The molecule has 0 heterocycles. The average Bonchev–Trinajstić information content (AvgIpc) is 3.37. The van der Waals surface area contributed by atoms with Crippen molar-refractivity contribution >= 4 is 0 Å². The van der Waals surface area contributed by atoms with Crippen LogP contribution in [0.2, 0.25) is 0 Å². The van der Waals surface area contributed by atoms with Crippen LogP contribution in [0, 0.1) is 11.8 Å². The van der Waals surface area contributed by atoms with Crippen LogP contribution in [0.15, 0.2) is 12.1 Å². The molecule has 0 saturated heterocycles. The molecular formula is C22H38N2O3. The molecule has 1 aromatic rings. The van der Waals surface area contributed by atoms with Gasteiger partial charge in [-0.2, -0.15) is 0 Å². The molecule has 5 heteroatoms. The van der Waals surface area contributed by atoms with Gasteiger partial charge in [-0.25, -0.2) is 0 Å². The second-order valence-electron chi connectivity index (χ2n) is 8.80. The van der Waals surface area contributed by atoms with Crippen LogP contribution in [-0.2, 0) is 11.8 Å². The fourth-order valence-electron chi connectivity index (χ4n) is 5.09. The number of hydrogen-bond donors (Lipinski definition) is 5. The molecule has 4 rings (SSSR count). The molecule has 27 heavy (non-hydrogen) atoms. The molecule has 0 bridgehead atoms. The number of phenolic OH excluding ortho intramolecular Hbond substituents is 2. The van der Waals surface area contributed by atoms with E-state index in [1.165, 1.54) is 18.9 Å². The molecule has 154 valence electrons. The summed E-state index contributed by atoms with van der Waals surface area (Å²) in [5.74, 6) is 0.875. The summed E-state index contributed by atoms with van der Waals surface area (Å²) in [6.45, 7) is 4.73. The van der Waals surface area contributed by atoms with E-state index in [9.17, 15) is 15.3 Å². The van der Waals surface area contributed by atoms with Gasteiger partial charge in [-0.15, -0.1) is 0 Å². The van der Waals surface area contributed by atoms with Crippen LogP contribution in [0.4, 0.5) is 0 Å². The van der Waals surface area contributed by atoms with Gasteiger partial charge >= 0.3 is 0 Å². The number of aliphatic hydroxyl groups is 1. The number of hydrogen-bond acceptors (Lipinski definition) is 5. The van der Waals surface area contributed by atoms with Gasteiger partial charge in [-0.1, -0.05) is 40.2 Å². The summed E-state index contributed by atoms with van der Waals surface area (Å²) in [4.78, 5) is 0. The zero-order valence-electron chi connectivity index (χ0n) is 16.0. The van der Waals surface area contributed by atoms with Gasteiger partial charge in [-0.3, -0.25) is 0 Å². The first-order chi connectivity index (χ1) is 12.2. The molecule has 0 amide bonds. The van der Waals surface area contributed by atoms with E-state index in [0.29, 0.717) is 37.8 Å². The average molecular weight is 379 g/mol. The van der Waals surface area contributed by atoms with Crippen molar-refractivity contribution in [3.8, 4) is 11.5 Å². The third-order valence-corrected chi connectivity index (χ3v) is 6.84. The predicted octanol–water partition coefficient (Wildman–Crippen LogP) is 3.17. The highest BCUT2D eigenvalue weighted by atomic mass is 16.3. The summed E-state index contributed by atoms with van der Waals surface area (Å²) in [7, 11) is 0. The van der Waals surface area contributed by atoms with Crippen molar-refractivity contribution in [2.24, 2.45) is 23.3 Å². The van der Waals surface area contributed by atoms with Crippen LogP contribution in [0.25, 0.3) is 0 Å². The molecule has 1 aromatic carbocycles. The highest BCUT2D eigenvalue weighted by Crippen LogP contribution is 2.59. The number of nitrogens with two attached hydrogens (primary N) is 2. The Labute approximate surface area is 163 Å². The van der Waals surface area contributed by atoms with Crippen molar-refractivity contribution in [3.63, 3.8) is 0 Å². The van der Waals surface area contributed by atoms with E-state index < -0.39 is 11.0 Å². The van der Waals surface area contributed by atoms with E-state index in [-0.39, 0.29) is 30.9 Å². The standard InChI is InChI=1S/C17H26N2O3.C4H8.CH4/c1-10-8-11-2-3-13(20)15(21)14(11)16(6-7-18)9-12(19)4-5-17(10,16)22;1-4-2-3-4;/h2-3,10,12,20-22H,4-9,18-19H2,1H3;4H,2-3H2,1H3;1H4. The Balaban J connectivity index is 0.000000464. The Kier molecular flexibility index (Phi) is 6.50. The molecule has 4 atom stereocenters. The lowest BCUT2D eigenvalue weighted by molar-refractivity contribution is -0.124. The minimum Gasteiger partial charge on any atom is -0.504 e. The summed E-state index contributed by atoms with van der Waals surface area (Å²) in [5, 5.41) is 32.0. The minimum atomic E-state index is -0.944. The Morgan fingerprint density at radius 2 is 1.78 bits per heavy atom. The molecule has 0 aromatic heterocycles. The molecule has 5 nitrogen and oxygen atoms in total. The van der Waals surface area contributed by atoms with Gasteiger partial charge in [0.2, 0.25) is 0 Å². The Bertz CT molecular complexity index is 661. The molecular weight excluding hydrogens is 340 g/mol. The Morgan fingerprint density at radius 3 is 2.33 bits per heavy atom. The molecule has 4 unspecified atom stereocenters. The highest BCUT2D eigenvalue weighted by Gasteiger charge is 2.60. The number of phenols is 2. The summed E-state index contributed by atoms with van der Waals surface area (Å²) in [6, 6.07) is 3.33. The highest BCUT2D eigenvalue weighted by molar-refractivity contribution is 5.56. The fraction of sp³-hybridized carbons (Fsp3) is 0.727. The quantitative estimate of drug-likeness (QED) is 0.507. The molecule has 7 N–H and O–H groups in total. The van der Waals surface area contributed by atoms with Crippen molar-refractivity contribution in [1.82, 2.24) is 0 Å². The lowest BCUT2D eigenvalue weighted by atomic mass is 9.49. The maximum atomic E-state index is 11.5. The Morgan fingerprint density at radius 1 is 1.15 bits per heavy atom. The maximum Gasteiger partial charge on any atom is 0.161 e. The normalized spacial score (nSPS) is 34.4. The molecule has 2 fully saturated rings. The molecule has 0 radical (unpaired) electrons. The molecule has 2 saturated carbocycles. The van der Waals surface area contributed by atoms with E-state index in [0.717, 1.165) is 17.9 Å². The van der Waals surface area contributed by atoms with Crippen LogP contribution < -0.4 is 11.5 Å². The van der Waals surface area contributed by atoms with Crippen molar-refractivity contribution in [3.05, 3.63) is 23.3 Å². The zero-order chi connectivity index (χ0) is 19.1. The third-order valence-electron chi connectivity index (χ3n) is 6.84. The van der Waals surface area contributed by atoms with Gasteiger partial charge in [0.25, 0.3) is 0 Å². The second-order valence-corrected chi connectivity index (χ2v) is 8.80. The lowest BCUT2D eigenvalue weighted by Crippen LogP contribution is -2.64. The predicted molar refractivity (Wildman–Crippen MR) is 110 cm³/mol. The summed E-state index contributed by atoms with van der Waals surface area (Å²) < 4.78 is 0.